The van der Waals surface area contributed by atoms with E-state index in [4.69, 9.17) is 10.00 Å². The molecule has 0 aromatic carbocycles. The Balaban J connectivity index is 3.51. The van der Waals surface area contributed by atoms with Crippen LogP contribution in [0.25, 0.3) is 0 Å². The number of hydrogen-bond acceptors (Lipinski definition) is 3. The molecule has 0 bridgehead atoms. The molecule has 0 atom stereocenters. The van der Waals surface area contributed by atoms with E-state index in [-0.39, 0.29) is 18.1 Å². The average molecular weight is 180 g/mol. The Morgan fingerprint density at radius 1 is 1.69 bits per heavy atom. The van der Waals surface area contributed by atoms with Crippen molar-refractivity contribution >= 4 is 19.2 Å². The molecule has 0 saturated heterocycles. The number of amides is 1. The van der Waals surface area contributed by atoms with E-state index in [9.17, 15) is 4.79 Å². The maximum atomic E-state index is 10.8. The van der Waals surface area contributed by atoms with Crippen molar-refractivity contribution in [1.29, 1.82) is 5.26 Å². The van der Waals surface area contributed by atoms with Gasteiger partial charge in [0.15, 0.2) is 0 Å². The fourth-order valence-electron chi connectivity index (χ4n) is 0.647. The zero-order valence-corrected chi connectivity index (χ0v) is 7.80. The normalized spacial score (nSPS) is 8.54. The predicted octanol–water partition coefficient (Wildman–Crippen LogP) is -0.179. The molecule has 0 aromatic rings. The number of hydrogen-bond donors (Lipinski definition) is 1. The minimum atomic E-state index is -0.385. The zero-order valence-electron chi connectivity index (χ0n) is 7.80. The standard InChI is InChI=1S/C8H13BN2O2/c1-2-3-6-13-8(9)11-7(12)4-5-10/h9H,2-4,6H2,1H3,(H,11,12). The summed E-state index contributed by atoms with van der Waals surface area (Å²) in [6, 6.07) is 1.73. The van der Waals surface area contributed by atoms with Crippen molar-refractivity contribution in [1.82, 2.24) is 5.32 Å². The summed E-state index contributed by atoms with van der Waals surface area (Å²) >= 11 is 0. The second-order valence-electron chi connectivity index (χ2n) is 2.51. The molecule has 0 radical (unpaired) electrons. The predicted molar refractivity (Wildman–Crippen MR) is 51.4 cm³/mol. The molecule has 0 aliphatic heterocycles. The summed E-state index contributed by atoms with van der Waals surface area (Å²) in [7, 11) is 3.49. The van der Waals surface area contributed by atoms with E-state index in [0.29, 0.717) is 6.61 Å². The first-order valence-corrected chi connectivity index (χ1v) is 4.19. The van der Waals surface area contributed by atoms with Gasteiger partial charge in [-0.05, 0) is 0 Å². The van der Waals surface area contributed by atoms with Crippen molar-refractivity contribution in [3.05, 3.63) is 0 Å². The number of nitrogens with one attached hydrogen (secondary N) is 1. The molecule has 0 aromatic heterocycles. The summed E-state index contributed by atoms with van der Waals surface area (Å²) < 4.78 is 5.06. The molecule has 1 N–H and O–H groups in total. The van der Waals surface area contributed by atoms with Crippen molar-refractivity contribution < 1.29 is 9.53 Å². The molecule has 13 heavy (non-hydrogen) atoms. The van der Waals surface area contributed by atoms with Crippen LogP contribution in [-0.4, -0.2) is 25.8 Å². The van der Waals surface area contributed by atoms with Gasteiger partial charge in [0.05, 0.1) is 0 Å². The number of nitrogens with zero attached hydrogens (tertiary/aromatic N) is 1. The summed E-state index contributed by atoms with van der Waals surface area (Å²) in [5, 5.41) is 10.5. The fraction of sp³-hybridized carbons (Fsp3) is 0.625. The molecule has 4 nitrogen and oxygen atoms in total. The molecular formula is C8H13BN2O2. The van der Waals surface area contributed by atoms with E-state index in [1.165, 1.54) is 0 Å². The molecule has 5 heteroatoms. The molecular weight excluding hydrogens is 167 g/mol. The SMILES string of the molecule is B=C(NC(=O)CC#N)OCCCC. The number of rotatable bonds is 6. The molecule has 0 aliphatic carbocycles. The summed E-state index contributed by atoms with van der Waals surface area (Å²) in [5.74, 6) is -0.169. The van der Waals surface area contributed by atoms with Crippen molar-refractivity contribution in [2.75, 3.05) is 6.61 Å². The summed E-state index contributed by atoms with van der Waals surface area (Å²) in [6.45, 7) is 2.59. The second-order valence-corrected chi connectivity index (χ2v) is 2.51. The number of nitriles is 1. The number of unbranched alkanes of at least 4 members (excludes halogenated alkanes) is 1. The van der Waals surface area contributed by atoms with Crippen LogP contribution in [0.1, 0.15) is 26.2 Å². The van der Waals surface area contributed by atoms with Gasteiger partial charge in [0.25, 0.3) is 0 Å². The topological polar surface area (TPSA) is 62.1 Å². The summed E-state index contributed by atoms with van der Waals surface area (Å²) in [6.07, 6.45) is 1.78. The van der Waals surface area contributed by atoms with E-state index >= 15 is 0 Å². The first-order chi connectivity index (χ1) is 6.20. The van der Waals surface area contributed by atoms with Crippen molar-refractivity contribution in [3.63, 3.8) is 0 Å². The van der Waals surface area contributed by atoms with Gasteiger partial charge < -0.3 is 0 Å². The third-order valence-electron chi connectivity index (χ3n) is 1.29. The quantitative estimate of drug-likeness (QED) is 0.455. The van der Waals surface area contributed by atoms with Crippen molar-refractivity contribution in [2.45, 2.75) is 26.2 Å². The van der Waals surface area contributed by atoms with Crippen LogP contribution in [0.4, 0.5) is 0 Å². The Hall–Kier alpha value is -1.31. The Bertz CT molecular complexity index is 223. The molecule has 0 heterocycles. The molecule has 1 amide bonds. The van der Waals surface area contributed by atoms with Gasteiger partial charge in [-0.25, -0.2) is 0 Å². The van der Waals surface area contributed by atoms with E-state index in [1.54, 1.807) is 6.07 Å². The van der Waals surface area contributed by atoms with Gasteiger partial charge in [-0.15, -0.1) is 0 Å². The van der Waals surface area contributed by atoms with Gasteiger partial charge in [-0.1, -0.05) is 0 Å². The van der Waals surface area contributed by atoms with Crippen LogP contribution in [0, 0.1) is 11.3 Å². The number of carbonyl (C=O) groups excluding carboxylic acids is 1. The Labute approximate surface area is 79.0 Å². The van der Waals surface area contributed by atoms with Crippen LogP contribution in [0.2, 0.25) is 0 Å². The van der Waals surface area contributed by atoms with Gasteiger partial charge >= 0.3 is 78.1 Å². The van der Waals surface area contributed by atoms with Gasteiger partial charge in [-0.2, -0.15) is 0 Å². The third kappa shape index (κ3) is 7.07. The molecule has 0 unspecified atom stereocenters. The maximum absolute atomic E-state index is 10.8. The Morgan fingerprint density at radius 2 is 2.38 bits per heavy atom. The summed E-state index contributed by atoms with van der Waals surface area (Å²) in [4.78, 5) is 10.8. The van der Waals surface area contributed by atoms with Crippen molar-refractivity contribution in [3.8, 4) is 6.07 Å². The third-order valence-corrected chi connectivity index (χ3v) is 1.29. The van der Waals surface area contributed by atoms with Gasteiger partial charge in [0.1, 0.15) is 0 Å². The van der Waals surface area contributed by atoms with Crippen LogP contribution < -0.4 is 5.32 Å². The monoisotopic (exact) mass is 180 g/mol. The minimum absolute atomic E-state index is 0.170. The fourth-order valence-corrected chi connectivity index (χ4v) is 0.647. The molecule has 0 saturated carbocycles. The molecule has 0 aliphatic rings. The van der Waals surface area contributed by atoms with E-state index < -0.39 is 0 Å². The number of ether oxygens (including phenoxy) is 1. The molecule has 0 fully saturated rings. The molecule has 0 rings (SSSR count). The van der Waals surface area contributed by atoms with E-state index in [1.807, 2.05) is 6.92 Å². The first-order valence-electron chi connectivity index (χ1n) is 4.19. The van der Waals surface area contributed by atoms with Gasteiger partial charge in [-0.3, -0.25) is 0 Å². The van der Waals surface area contributed by atoms with E-state index in [0.717, 1.165) is 12.8 Å². The van der Waals surface area contributed by atoms with Crippen LogP contribution in [0.3, 0.4) is 0 Å². The van der Waals surface area contributed by atoms with Crippen molar-refractivity contribution in [2.24, 2.45) is 0 Å². The van der Waals surface area contributed by atoms with Crippen LogP contribution in [0.5, 0.6) is 0 Å². The first kappa shape index (κ1) is 11.7. The van der Waals surface area contributed by atoms with Crippen LogP contribution in [-0.2, 0) is 9.53 Å². The Kier molecular flexibility index (Phi) is 6.61. The number of carbonyl (C=O) groups is 1. The van der Waals surface area contributed by atoms with Gasteiger partial charge in [0.2, 0.25) is 0 Å². The molecule has 0 spiro atoms. The zero-order chi connectivity index (χ0) is 10.1. The Morgan fingerprint density at radius 3 is 2.92 bits per heavy atom. The van der Waals surface area contributed by atoms with Crippen LogP contribution in [0.15, 0.2) is 0 Å². The van der Waals surface area contributed by atoms with E-state index in [2.05, 4.69) is 12.8 Å². The molecule has 70 valence electrons. The second kappa shape index (κ2) is 7.35. The van der Waals surface area contributed by atoms with Gasteiger partial charge in [0, 0.05) is 0 Å². The average Bonchev–Trinajstić information content (AvgIpc) is 2.05. The van der Waals surface area contributed by atoms with Crippen LogP contribution >= 0.6 is 0 Å². The summed E-state index contributed by atoms with van der Waals surface area (Å²) in [5.41, 5.74) is 0.